The number of thiazole rings is 1. The van der Waals surface area contributed by atoms with Crippen LogP contribution in [0.4, 0.5) is 5.13 Å². The number of hydrogen-bond donors (Lipinski definition) is 1. The summed E-state index contributed by atoms with van der Waals surface area (Å²) in [6, 6.07) is 14.9. The largest absolute Gasteiger partial charge is 0.301 e. The number of benzene rings is 2. The topological polar surface area (TPSA) is 103 Å². The van der Waals surface area contributed by atoms with E-state index in [0.717, 1.165) is 14.7 Å². The lowest BCUT2D eigenvalue weighted by atomic mass is 10.1. The number of nitriles is 1. The predicted molar refractivity (Wildman–Crippen MR) is 116 cm³/mol. The zero-order chi connectivity index (χ0) is 21.7. The Kier molecular flexibility index (Phi) is 6.84. The molecule has 0 fully saturated rings. The van der Waals surface area contributed by atoms with Crippen LogP contribution in [0.25, 0.3) is 0 Å². The highest BCUT2D eigenvalue weighted by Gasteiger charge is 2.23. The zero-order valence-electron chi connectivity index (χ0n) is 15.9. The lowest BCUT2D eigenvalue weighted by molar-refractivity contribution is -0.116. The van der Waals surface area contributed by atoms with Crippen LogP contribution in [0.1, 0.15) is 16.0 Å². The lowest BCUT2D eigenvalue weighted by Gasteiger charge is -2.16. The number of anilines is 1. The predicted octanol–water partition coefficient (Wildman–Crippen LogP) is 3.52. The van der Waals surface area contributed by atoms with Crippen LogP contribution in [0.15, 0.2) is 59.6 Å². The Bertz CT molecular complexity index is 1180. The summed E-state index contributed by atoms with van der Waals surface area (Å²) in [6.45, 7) is -0.367. The van der Waals surface area contributed by atoms with E-state index in [1.54, 1.807) is 6.20 Å². The first-order valence-electron chi connectivity index (χ1n) is 8.73. The molecule has 1 aromatic heterocycles. The number of rotatable bonds is 7. The van der Waals surface area contributed by atoms with Gasteiger partial charge in [0, 0.05) is 29.6 Å². The van der Waals surface area contributed by atoms with E-state index in [0.29, 0.717) is 22.1 Å². The Morgan fingerprint density at radius 1 is 1.20 bits per heavy atom. The third-order valence-electron chi connectivity index (χ3n) is 4.15. The fraction of sp³-hybridized carbons (Fsp3) is 0.150. The van der Waals surface area contributed by atoms with E-state index < -0.39 is 15.9 Å². The third kappa shape index (κ3) is 5.43. The van der Waals surface area contributed by atoms with Gasteiger partial charge in [-0.3, -0.25) is 4.79 Å². The van der Waals surface area contributed by atoms with E-state index in [1.807, 2.05) is 30.3 Å². The average molecular weight is 461 g/mol. The highest BCUT2D eigenvalue weighted by atomic mass is 35.5. The molecule has 0 aliphatic carbocycles. The molecule has 7 nitrogen and oxygen atoms in total. The van der Waals surface area contributed by atoms with Gasteiger partial charge in [0.2, 0.25) is 15.9 Å². The van der Waals surface area contributed by atoms with Gasteiger partial charge in [0.1, 0.15) is 0 Å². The van der Waals surface area contributed by atoms with E-state index >= 15 is 0 Å². The fourth-order valence-corrected chi connectivity index (χ4v) is 4.69. The smallest absolute Gasteiger partial charge is 0.243 e. The van der Waals surface area contributed by atoms with E-state index in [1.165, 1.54) is 42.6 Å². The molecule has 0 saturated carbocycles. The summed E-state index contributed by atoms with van der Waals surface area (Å²) in [5.74, 6) is -0.498. The Labute approximate surface area is 183 Å². The Hall–Kier alpha value is -2.77. The fourth-order valence-electron chi connectivity index (χ4n) is 2.58. The summed E-state index contributed by atoms with van der Waals surface area (Å²) in [5, 5.41) is 12.5. The summed E-state index contributed by atoms with van der Waals surface area (Å²) in [6.07, 6.45) is 2.32. The second-order valence-electron chi connectivity index (χ2n) is 6.38. The molecule has 0 bridgehead atoms. The summed E-state index contributed by atoms with van der Waals surface area (Å²) < 4.78 is 26.1. The Balaban J connectivity index is 1.60. The maximum Gasteiger partial charge on any atom is 0.243 e. The molecule has 0 aliphatic heterocycles. The van der Waals surface area contributed by atoms with Crippen molar-refractivity contribution in [2.24, 2.45) is 0 Å². The van der Waals surface area contributed by atoms with Gasteiger partial charge in [-0.25, -0.2) is 13.4 Å². The van der Waals surface area contributed by atoms with Gasteiger partial charge in [-0.1, -0.05) is 23.7 Å². The first-order chi connectivity index (χ1) is 14.3. The zero-order valence-corrected chi connectivity index (χ0v) is 18.3. The van der Waals surface area contributed by atoms with E-state index in [-0.39, 0.29) is 11.4 Å². The van der Waals surface area contributed by atoms with Gasteiger partial charge in [0.15, 0.2) is 5.13 Å². The number of hydrogen-bond acceptors (Lipinski definition) is 6. The highest BCUT2D eigenvalue weighted by molar-refractivity contribution is 7.89. The third-order valence-corrected chi connectivity index (χ3v) is 7.13. The van der Waals surface area contributed by atoms with Gasteiger partial charge in [0.05, 0.1) is 23.1 Å². The van der Waals surface area contributed by atoms with Crippen LogP contribution >= 0.6 is 22.9 Å². The number of carbonyl (C=O) groups is 1. The number of halogens is 1. The molecule has 0 atom stereocenters. The van der Waals surface area contributed by atoms with Crippen molar-refractivity contribution in [2.75, 3.05) is 18.9 Å². The number of amides is 1. The number of likely N-dealkylation sites (N-methyl/N-ethyl adjacent to an activating group) is 1. The van der Waals surface area contributed by atoms with Crippen molar-refractivity contribution in [3.8, 4) is 6.07 Å². The van der Waals surface area contributed by atoms with Crippen molar-refractivity contribution in [3.63, 3.8) is 0 Å². The normalized spacial score (nSPS) is 11.3. The second kappa shape index (κ2) is 9.36. The van der Waals surface area contributed by atoms with E-state index in [9.17, 15) is 13.2 Å². The molecule has 10 heteroatoms. The molecule has 3 aromatic rings. The quantitative estimate of drug-likeness (QED) is 0.581. The van der Waals surface area contributed by atoms with Crippen molar-refractivity contribution in [2.45, 2.75) is 11.3 Å². The number of nitrogens with zero attached hydrogens (tertiary/aromatic N) is 3. The number of aromatic nitrogens is 1. The minimum atomic E-state index is -3.86. The molecule has 0 saturated heterocycles. The van der Waals surface area contributed by atoms with Crippen molar-refractivity contribution in [1.29, 1.82) is 5.26 Å². The molecular formula is C20H17ClN4O3S2. The van der Waals surface area contributed by atoms with Gasteiger partial charge >= 0.3 is 0 Å². The molecule has 0 unspecified atom stereocenters. The molecule has 1 amide bonds. The lowest BCUT2D eigenvalue weighted by Crippen LogP contribution is -2.34. The average Bonchev–Trinajstić information content (AvgIpc) is 3.16. The molecule has 3 rings (SSSR count). The van der Waals surface area contributed by atoms with Crippen LogP contribution in [-0.2, 0) is 21.2 Å². The van der Waals surface area contributed by atoms with Gasteiger partial charge in [-0.05, 0) is 42.0 Å². The molecule has 154 valence electrons. The Morgan fingerprint density at radius 3 is 2.50 bits per heavy atom. The van der Waals surface area contributed by atoms with Crippen LogP contribution in [0, 0.1) is 11.3 Å². The highest BCUT2D eigenvalue weighted by Crippen LogP contribution is 2.22. The van der Waals surface area contributed by atoms with E-state index in [4.69, 9.17) is 16.9 Å². The molecule has 30 heavy (non-hydrogen) atoms. The van der Waals surface area contributed by atoms with Gasteiger partial charge in [0.25, 0.3) is 0 Å². The van der Waals surface area contributed by atoms with Crippen LogP contribution in [0.2, 0.25) is 5.02 Å². The number of carbonyl (C=O) groups excluding carboxylic acids is 1. The molecule has 0 aliphatic rings. The van der Waals surface area contributed by atoms with Crippen LogP contribution in [-0.4, -0.2) is 37.2 Å². The summed E-state index contributed by atoms with van der Waals surface area (Å²) in [5.41, 5.74) is 1.42. The monoisotopic (exact) mass is 460 g/mol. The molecule has 0 radical (unpaired) electrons. The second-order valence-corrected chi connectivity index (χ2v) is 9.98. The SMILES string of the molecule is CN(CC(=O)Nc1ncc(Cc2ccc(Cl)cc2)s1)S(=O)(=O)c1ccc(C#N)cc1. The molecular weight excluding hydrogens is 444 g/mol. The summed E-state index contributed by atoms with van der Waals surface area (Å²) in [7, 11) is -2.53. The first-order valence-corrected chi connectivity index (χ1v) is 11.4. The standard InChI is InChI=1S/C20H17ClN4O3S2/c1-25(30(27,28)18-8-4-15(11-22)5-9-18)13-19(26)24-20-23-12-17(29-20)10-14-2-6-16(21)7-3-14/h2-9,12H,10,13H2,1H3,(H,23,24,26). The molecule has 0 spiro atoms. The minimum Gasteiger partial charge on any atom is -0.301 e. The maximum absolute atomic E-state index is 12.6. The number of sulfonamides is 1. The van der Waals surface area contributed by atoms with Crippen molar-refractivity contribution >= 4 is 44.0 Å². The van der Waals surface area contributed by atoms with Crippen LogP contribution in [0.3, 0.4) is 0 Å². The summed E-state index contributed by atoms with van der Waals surface area (Å²) >= 11 is 7.21. The molecule has 2 aromatic carbocycles. The maximum atomic E-state index is 12.6. The number of nitrogens with one attached hydrogen (secondary N) is 1. The van der Waals surface area contributed by atoms with Gasteiger partial charge in [-0.15, -0.1) is 11.3 Å². The Morgan fingerprint density at radius 2 is 1.87 bits per heavy atom. The van der Waals surface area contributed by atoms with Crippen LogP contribution < -0.4 is 5.32 Å². The van der Waals surface area contributed by atoms with Crippen molar-refractivity contribution in [3.05, 3.63) is 75.8 Å². The van der Waals surface area contributed by atoms with Crippen molar-refractivity contribution < 1.29 is 13.2 Å². The summed E-state index contributed by atoms with van der Waals surface area (Å²) in [4.78, 5) is 17.4. The van der Waals surface area contributed by atoms with Gasteiger partial charge < -0.3 is 5.32 Å². The molecule has 1 heterocycles. The molecule has 1 N–H and O–H groups in total. The minimum absolute atomic E-state index is 0.0105. The van der Waals surface area contributed by atoms with Crippen LogP contribution in [0.5, 0.6) is 0 Å². The van der Waals surface area contributed by atoms with Gasteiger partial charge in [-0.2, -0.15) is 9.57 Å². The van der Waals surface area contributed by atoms with E-state index in [2.05, 4.69) is 10.3 Å². The first kappa shape index (κ1) is 21.9. The van der Waals surface area contributed by atoms with Crippen molar-refractivity contribution in [1.82, 2.24) is 9.29 Å².